The molecule has 1 saturated heterocycles. The molecule has 0 spiro atoms. The van der Waals surface area contributed by atoms with Crippen molar-refractivity contribution in [1.82, 2.24) is 25.3 Å². The highest BCUT2D eigenvalue weighted by molar-refractivity contribution is 7.91. The van der Waals surface area contributed by atoms with Crippen LogP contribution in [0, 0.1) is 5.92 Å². The van der Waals surface area contributed by atoms with E-state index in [1.54, 1.807) is 0 Å². The fourth-order valence-electron chi connectivity index (χ4n) is 2.32. The first-order chi connectivity index (χ1) is 10.4. The van der Waals surface area contributed by atoms with E-state index in [0.29, 0.717) is 18.5 Å². The maximum atomic E-state index is 11.7. The van der Waals surface area contributed by atoms with Crippen molar-refractivity contribution in [3.63, 3.8) is 0 Å². The highest BCUT2D eigenvalue weighted by Gasteiger charge is 2.27. The number of nitrogens with one attached hydrogen (secondary N) is 4. The van der Waals surface area contributed by atoms with Crippen LogP contribution in [0.15, 0.2) is 11.1 Å². The zero-order chi connectivity index (χ0) is 15.7. The van der Waals surface area contributed by atoms with E-state index in [9.17, 15) is 13.2 Å². The van der Waals surface area contributed by atoms with Crippen molar-refractivity contribution in [3.8, 4) is 0 Å². The van der Waals surface area contributed by atoms with Crippen molar-refractivity contribution in [1.29, 1.82) is 0 Å². The molecule has 9 nitrogen and oxygen atoms in total. The Hall–Kier alpha value is -2.01. The molecule has 11 heteroatoms. The molecule has 4 N–H and O–H groups in total. The van der Waals surface area contributed by atoms with Gasteiger partial charge in [-0.2, -0.15) is 4.98 Å². The summed E-state index contributed by atoms with van der Waals surface area (Å²) in [5, 5.41) is 5.96. The van der Waals surface area contributed by atoms with Gasteiger partial charge in [-0.3, -0.25) is 9.78 Å². The number of H-pyrrole nitrogens is 2. The molecule has 0 amide bonds. The number of imidazole rings is 1. The maximum Gasteiger partial charge on any atom is 0.278 e. The summed E-state index contributed by atoms with van der Waals surface area (Å²) in [7, 11) is -2.90. The predicted octanol–water partition coefficient (Wildman–Crippen LogP) is -0.633. The third-order valence-corrected chi connectivity index (χ3v) is 5.49. The molecule has 2 aromatic heterocycles. The summed E-state index contributed by atoms with van der Waals surface area (Å²) >= 11 is 5.11. The SMILES string of the molecule is O=c1[nH]c(NC(=S)NC[C@@H]2CCS(=O)(=O)C2)nc2nc[nH]c12. The van der Waals surface area contributed by atoms with Gasteiger partial charge in [0.05, 0.1) is 17.8 Å². The van der Waals surface area contributed by atoms with E-state index >= 15 is 0 Å². The summed E-state index contributed by atoms with van der Waals surface area (Å²) in [5.74, 6) is 0.632. The van der Waals surface area contributed by atoms with Gasteiger partial charge in [0, 0.05) is 6.54 Å². The van der Waals surface area contributed by atoms with Crippen LogP contribution in [0.5, 0.6) is 0 Å². The third-order valence-electron chi connectivity index (χ3n) is 3.41. The van der Waals surface area contributed by atoms with Crippen LogP contribution in [0.1, 0.15) is 6.42 Å². The van der Waals surface area contributed by atoms with Gasteiger partial charge in [0.15, 0.2) is 26.1 Å². The van der Waals surface area contributed by atoms with Crippen LogP contribution in [0.25, 0.3) is 11.2 Å². The lowest BCUT2D eigenvalue weighted by Gasteiger charge is -2.12. The number of hydrogen-bond acceptors (Lipinski definition) is 6. The van der Waals surface area contributed by atoms with Crippen molar-refractivity contribution in [2.75, 3.05) is 23.4 Å². The fraction of sp³-hybridized carbons (Fsp3) is 0.455. The summed E-state index contributed by atoms with van der Waals surface area (Å²) in [6.07, 6.45) is 2.01. The number of aromatic nitrogens is 4. The van der Waals surface area contributed by atoms with Crippen LogP contribution in [0.2, 0.25) is 0 Å². The number of anilines is 1. The molecular weight excluding hydrogens is 328 g/mol. The molecule has 1 fully saturated rings. The van der Waals surface area contributed by atoms with Crippen molar-refractivity contribution >= 4 is 44.3 Å². The van der Waals surface area contributed by atoms with E-state index < -0.39 is 9.84 Å². The third kappa shape index (κ3) is 3.25. The van der Waals surface area contributed by atoms with Gasteiger partial charge in [-0.15, -0.1) is 0 Å². The monoisotopic (exact) mass is 342 g/mol. The van der Waals surface area contributed by atoms with Crippen LogP contribution in [0.3, 0.4) is 0 Å². The number of aromatic amines is 2. The summed E-state index contributed by atoms with van der Waals surface area (Å²) in [5.41, 5.74) is 0.228. The maximum absolute atomic E-state index is 11.7. The zero-order valence-electron chi connectivity index (χ0n) is 11.4. The van der Waals surface area contributed by atoms with Gasteiger partial charge in [-0.25, -0.2) is 13.4 Å². The Kier molecular flexibility index (Phi) is 3.83. The van der Waals surface area contributed by atoms with Gasteiger partial charge in [0.1, 0.15) is 0 Å². The lowest BCUT2D eigenvalue weighted by molar-refractivity contribution is 0.574. The molecule has 0 unspecified atom stereocenters. The highest BCUT2D eigenvalue weighted by atomic mass is 32.2. The molecule has 0 radical (unpaired) electrons. The van der Waals surface area contributed by atoms with Crippen molar-refractivity contribution in [2.45, 2.75) is 6.42 Å². The molecule has 0 aliphatic carbocycles. The normalized spacial score (nSPS) is 20.1. The predicted molar refractivity (Wildman–Crippen MR) is 85.5 cm³/mol. The number of thiocarbonyl (C=S) groups is 1. The van der Waals surface area contributed by atoms with Gasteiger partial charge in [-0.05, 0) is 24.6 Å². The van der Waals surface area contributed by atoms with E-state index in [1.165, 1.54) is 6.33 Å². The van der Waals surface area contributed by atoms with Gasteiger partial charge >= 0.3 is 0 Å². The Morgan fingerprint density at radius 2 is 2.32 bits per heavy atom. The Labute approximate surface area is 130 Å². The van der Waals surface area contributed by atoms with Gasteiger partial charge in [0.25, 0.3) is 5.56 Å². The molecule has 3 heterocycles. The van der Waals surface area contributed by atoms with E-state index in [4.69, 9.17) is 12.2 Å². The molecule has 3 rings (SSSR count). The second-order valence-electron chi connectivity index (χ2n) is 5.12. The minimum atomic E-state index is -2.90. The fourth-order valence-corrected chi connectivity index (χ4v) is 4.37. The van der Waals surface area contributed by atoms with E-state index in [2.05, 4.69) is 30.6 Å². The second kappa shape index (κ2) is 5.65. The first-order valence-electron chi connectivity index (χ1n) is 6.61. The topological polar surface area (TPSA) is 133 Å². The van der Waals surface area contributed by atoms with Gasteiger partial charge < -0.3 is 15.6 Å². The van der Waals surface area contributed by atoms with E-state index in [0.717, 1.165) is 0 Å². The Morgan fingerprint density at radius 1 is 1.50 bits per heavy atom. The van der Waals surface area contributed by atoms with Crippen LogP contribution < -0.4 is 16.2 Å². The molecule has 2 aromatic rings. The molecule has 1 atom stereocenters. The Balaban J connectivity index is 1.60. The number of sulfone groups is 1. The molecule has 0 aromatic carbocycles. The number of rotatable bonds is 3. The first kappa shape index (κ1) is 14.9. The second-order valence-corrected chi connectivity index (χ2v) is 7.76. The van der Waals surface area contributed by atoms with Crippen LogP contribution >= 0.6 is 12.2 Å². The minimum absolute atomic E-state index is 0.0468. The summed E-state index contributed by atoms with van der Waals surface area (Å²) in [6.45, 7) is 0.458. The summed E-state index contributed by atoms with van der Waals surface area (Å²) in [4.78, 5) is 25.0. The Bertz CT molecular complexity index is 871. The van der Waals surface area contributed by atoms with Gasteiger partial charge in [0.2, 0.25) is 5.95 Å². The van der Waals surface area contributed by atoms with Crippen molar-refractivity contribution in [3.05, 3.63) is 16.7 Å². The average Bonchev–Trinajstić information content (AvgIpc) is 3.03. The van der Waals surface area contributed by atoms with Crippen molar-refractivity contribution < 1.29 is 8.42 Å². The van der Waals surface area contributed by atoms with E-state index in [1.807, 2.05) is 0 Å². The molecular formula is C11H14N6O3S2. The molecule has 1 aliphatic heterocycles. The summed E-state index contributed by atoms with van der Waals surface area (Å²) < 4.78 is 22.8. The standard InChI is InChI=1S/C11H14N6O3S2/c18-9-7-8(14-5-13-7)15-10(16-9)17-11(21)12-3-6-1-2-22(19,20)4-6/h5-6H,1-4H2,(H4,12,13,14,15,16,17,18,21)/t6-/m0/s1. The lowest BCUT2D eigenvalue weighted by Crippen LogP contribution is -2.34. The number of hydrogen-bond donors (Lipinski definition) is 4. The lowest BCUT2D eigenvalue weighted by atomic mass is 10.1. The molecule has 0 bridgehead atoms. The van der Waals surface area contributed by atoms with Crippen LogP contribution in [-0.2, 0) is 9.84 Å². The van der Waals surface area contributed by atoms with Crippen LogP contribution in [-0.4, -0.2) is 51.5 Å². The highest BCUT2D eigenvalue weighted by Crippen LogP contribution is 2.17. The van der Waals surface area contributed by atoms with Gasteiger partial charge in [-0.1, -0.05) is 0 Å². The minimum Gasteiger partial charge on any atom is -0.362 e. The quantitative estimate of drug-likeness (QED) is 0.542. The first-order valence-corrected chi connectivity index (χ1v) is 8.84. The van der Waals surface area contributed by atoms with Crippen LogP contribution in [0.4, 0.5) is 5.95 Å². The molecule has 1 aliphatic rings. The smallest absolute Gasteiger partial charge is 0.278 e. The van der Waals surface area contributed by atoms with Crippen molar-refractivity contribution in [2.24, 2.45) is 5.92 Å². The number of nitrogens with zero attached hydrogens (tertiary/aromatic N) is 2. The largest absolute Gasteiger partial charge is 0.362 e. The molecule has 0 saturated carbocycles. The Morgan fingerprint density at radius 3 is 3.05 bits per heavy atom. The number of fused-ring (bicyclic) bond motifs is 1. The average molecular weight is 342 g/mol. The van der Waals surface area contributed by atoms with E-state index in [-0.39, 0.29) is 39.7 Å². The zero-order valence-corrected chi connectivity index (χ0v) is 13.1. The molecule has 22 heavy (non-hydrogen) atoms. The molecule has 118 valence electrons. The summed E-state index contributed by atoms with van der Waals surface area (Å²) in [6, 6.07) is 0.